The fraction of sp³-hybridized carbons (Fsp3) is 0.350. The number of hydrogen-bond acceptors (Lipinski definition) is 6. The van der Waals surface area contributed by atoms with Gasteiger partial charge in [0.1, 0.15) is 5.75 Å². The highest BCUT2D eigenvalue weighted by Gasteiger charge is 2.15. The zero-order valence-electron chi connectivity index (χ0n) is 17.0. The van der Waals surface area contributed by atoms with Gasteiger partial charge in [-0.3, -0.25) is 14.6 Å². The van der Waals surface area contributed by atoms with Crippen LogP contribution in [-0.4, -0.2) is 44.2 Å². The largest absolute Gasteiger partial charge is 0.496 e. The van der Waals surface area contributed by atoms with Gasteiger partial charge in [-0.25, -0.2) is 0 Å². The van der Waals surface area contributed by atoms with E-state index >= 15 is 0 Å². The molecule has 2 N–H and O–H groups in total. The average Bonchev–Trinajstić information content (AvgIpc) is 2.71. The second-order valence-corrected chi connectivity index (χ2v) is 6.25. The maximum Gasteiger partial charge on any atom is 0.387 e. The highest BCUT2D eigenvalue weighted by atomic mass is 19.3. The van der Waals surface area contributed by atoms with Crippen LogP contribution in [0.25, 0.3) is 0 Å². The quantitative estimate of drug-likeness (QED) is 0.643. The molecule has 0 saturated carbocycles. The van der Waals surface area contributed by atoms with Crippen molar-refractivity contribution in [2.75, 3.05) is 20.8 Å². The zero-order valence-corrected chi connectivity index (χ0v) is 17.0. The molecular formula is C20H23F2N3O5. The minimum atomic E-state index is -3.02. The molecule has 1 aromatic heterocycles. The number of aryl methyl sites for hydroxylation is 1. The third-order valence-corrected chi connectivity index (χ3v) is 4.25. The first kappa shape index (κ1) is 22.9. The Labute approximate surface area is 172 Å². The van der Waals surface area contributed by atoms with E-state index in [0.29, 0.717) is 11.4 Å². The highest BCUT2D eigenvalue weighted by Crippen LogP contribution is 2.29. The Bertz CT molecular complexity index is 922. The van der Waals surface area contributed by atoms with Crippen molar-refractivity contribution in [2.24, 2.45) is 0 Å². The zero-order chi connectivity index (χ0) is 22.3. The molecule has 0 aliphatic carbocycles. The number of aromatic nitrogens is 1. The number of carbonyl (C=O) groups is 2. The third-order valence-electron chi connectivity index (χ3n) is 4.25. The van der Waals surface area contributed by atoms with Crippen LogP contribution >= 0.6 is 0 Å². The van der Waals surface area contributed by atoms with E-state index < -0.39 is 18.4 Å². The number of rotatable bonds is 9. The summed E-state index contributed by atoms with van der Waals surface area (Å²) in [6, 6.07) is 3.73. The van der Waals surface area contributed by atoms with E-state index in [1.807, 2.05) is 13.8 Å². The van der Waals surface area contributed by atoms with Crippen molar-refractivity contribution >= 4 is 11.8 Å². The van der Waals surface area contributed by atoms with Crippen molar-refractivity contribution in [1.82, 2.24) is 15.6 Å². The number of nitrogens with one attached hydrogen (secondary N) is 2. The van der Waals surface area contributed by atoms with Crippen LogP contribution in [0.2, 0.25) is 0 Å². The maximum absolute atomic E-state index is 12.4. The summed E-state index contributed by atoms with van der Waals surface area (Å²) in [7, 11) is 2.83. The molecule has 162 valence electrons. The Morgan fingerprint density at radius 1 is 1.10 bits per heavy atom. The van der Waals surface area contributed by atoms with Gasteiger partial charge in [-0.1, -0.05) is 0 Å². The molecule has 2 rings (SSSR count). The minimum Gasteiger partial charge on any atom is -0.496 e. The van der Waals surface area contributed by atoms with Crippen molar-refractivity contribution in [2.45, 2.75) is 27.0 Å². The molecule has 30 heavy (non-hydrogen) atoms. The van der Waals surface area contributed by atoms with Gasteiger partial charge in [-0.15, -0.1) is 0 Å². The number of amides is 2. The molecule has 0 atom stereocenters. The smallest absolute Gasteiger partial charge is 0.387 e. The predicted molar refractivity (Wildman–Crippen MR) is 104 cm³/mol. The third kappa shape index (κ3) is 5.79. The molecular weight excluding hydrogens is 400 g/mol. The summed E-state index contributed by atoms with van der Waals surface area (Å²) >= 11 is 0. The SMILES string of the molecule is COc1cc(C(=O)NCC(=O)NCc2ncc(C)c(OC)c2C)ccc1OC(F)F. The normalized spacial score (nSPS) is 10.5. The number of pyridine rings is 1. The van der Waals surface area contributed by atoms with Gasteiger partial charge in [0.15, 0.2) is 11.5 Å². The van der Waals surface area contributed by atoms with Gasteiger partial charge in [0.05, 0.1) is 33.0 Å². The lowest BCUT2D eigenvalue weighted by molar-refractivity contribution is -0.120. The molecule has 0 saturated heterocycles. The van der Waals surface area contributed by atoms with Crippen molar-refractivity contribution in [3.05, 3.63) is 46.8 Å². The second-order valence-electron chi connectivity index (χ2n) is 6.25. The molecule has 0 spiro atoms. The Balaban J connectivity index is 1.93. The predicted octanol–water partition coefficient (Wildman–Crippen LogP) is 2.36. The van der Waals surface area contributed by atoms with Crippen LogP contribution in [-0.2, 0) is 11.3 Å². The number of hydrogen-bond donors (Lipinski definition) is 2. The van der Waals surface area contributed by atoms with E-state index in [-0.39, 0.29) is 30.2 Å². The summed E-state index contributed by atoms with van der Waals surface area (Å²) in [6.07, 6.45) is 1.66. The summed E-state index contributed by atoms with van der Waals surface area (Å²) in [5.74, 6) is -0.511. The first-order valence-corrected chi connectivity index (χ1v) is 8.93. The number of halogens is 2. The Morgan fingerprint density at radius 2 is 1.83 bits per heavy atom. The van der Waals surface area contributed by atoms with E-state index in [9.17, 15) is 18.4 Å². The lowest BCUT2D eigenvalue weighted by Gasteiger charge is -2.13. The van der Waals surface area contributed by atoms with Gasteiger partial charge in [0.25, 0.3) is 5.91 Å². The van der Waals surface area contributed by atoms with Crippen molar-refractivity contribution in [3.63, 3.8) is 0 Å². The van der Waals surface area contributed by atoms with Gasteiger partial charge in [-0.2, -0.15) is 8.78 Å². The molecule has 8 nitrogen and oxygen atoms in total. The molecule has 10 heteroatoms. The van der Waals surface area contributed by atoms with Crippen molar-refractivity contribution in [1.29, 1.82) is 0 Å². The molecule has 1 heterocycles. The molecule has 0 aliphatic heterocycles. The standard InChI is InChI=1S/C20H23F2N3O5/c1-11-8-23-14(12(2)18(11)29-4)9-24-17(26)10-25-19(27)13-5-6-15(30-20(21)22)16(7-13)28-3/h5-8,20H,9-10H2,1-4H3,(H,24,26)(H,25,27). The maximum atomic E-state index is 12.4. The Kier molecular flexibility index (Phi) is 7.90. The van der Waals surface area contributed by atoms with Gasteiger partial charge in [0, 0.05) is 22.9 Å². The molecule has 0 radical (unpaired) electrons. The summed E-state index contributed by atoms with van der Waals surface area (Å²) < 4.78 is 39.3. The van der Waals surface area contributed by atoms with Crippen LogP contribution in [0, 0.1) is 13.8 Å². The van der Waals surface area contributed by atoms with Crippen LogP contribution in [0.5, 0.6) is 17.2 Å². The van der Waals surface area contributed by atoms with Crippen molar-refractivity contribution in [3.8, 4) is 17.2 Å². The van der Waals surface area contributed by atoms with Crippen LogP contribution < -0.4 is 24.8 Å². The van der Waals surface area contributed by atoms with Gasteiger partial charge < -0.3 is 24.8 Å². The summed E-state index contributed by atoms with van der Waals surface area (Å²) in [4.78, 5) is 28.6. The van der Waals surface area contributed by atoms with Gasteiger partial charge in [0.2, 0.25) is 5.91 Å². The number of methoxy groups -OCH3 is 2. The van der Waals surface area contributed by atoms with Crippen LogP contribution in [0.4, 0.5) is 8.78 Å². The summed E-state index contributed by atoms with van der Waals surface area (Å²) in [6.45, 7) is 0.590. The Morgan fingerprint density at radius 3 is 2.47 bits per heavy atom. The topological polar surface area (TPSA) is 98.8 Å². The van der Waals surface area contributed by atoms with E-state index in [1.54, 1.807) is 13.3 Å². The number of alkyl halides is 2. The molecule has 0 unspecified atom stereocenters. The van der Waals surface area contributed by atoms with E-state index in [1.165, 1.54) is 25.3 Å². The minimum absolute atomic E-state index is 0.0257. The summed E-state index contributed by atoms with van der Waals surface area (Å²) in [5, 5.41) is 5.12. The van der Waals surface area contributed by atoms with E-state index in [0.717, 1.165) is 11.1 Å². The molecule has 0 aliphatic rings. The van der Waals surface area contributed by atoms with E-state index in [4.69, 9.17) is 9.47 Å². The molecule has 0 fully saturated rings. The lowest BCUT2D eigenvalue weighted by atomic mass is 10.1. The monoisotopic (exact) mass is 423 g/mol. The second kappa shape index (κ2) is 10.4. The van der Waals surface area contributed by atoms with Crippen LogP contribution in [0.15, 0.2) is 24.4 Å². The number of nitrogens with zero attached hydrogens (tertiary/aromatic N) is 1. The molecule has 1 aromatic carbocycles. The van der Waals surface area contributed by atoms with E-state index in [2.05, 4.69) is 20.4 Å². The average molecular weight is 423 g/mol. The van der Waals surface area contributed by atoms with Crippen molar-refractivity contribution < 1.29 is 32.6 Å². The fourth-order valence-corrected chi connectivity index (χ4v) is 2.76. The fourth-order valence-electron chi connectivity index (χ4n) is 2.76. The number of carbonyl (C=O) groups excluding carboxylic acids is 2. The first-order valence-electron chi connectivity index (χ1n) is 8.93. The number of benzene rings is 1. The lowest BCUT2D eigenvalue weighted by Crippen LogP contribution is -2.36. The highest BCUT2D eigenvalue weighted by molar-refractivity contribution is 5.97. The van der Waals surface area contributed by atoms with Gasteiger partial charge >= 0.3 is 6.61 Å². The molecule has 2 aromatic rings. The molecule has 2 amide bonds. The summed E-state index contributed by atoms with van der Waals surface area (Å²) in [5.41, 5.74) is 2.48. The van der Waals surface area contributed by atoms with Crippen LogP contribution in [0.1, 0.15) is 27.2 Å². The Hall–Kier alpha value is -3.43. The number of ether oxygens (including phenoxy) is 3. The van der Waals surface area contributed by atoms with Crippen LogP contribution in [0.3, 0.4) is 0 Å². The molecule has 0 bridgehead atoms. The first-order chi connectivity index (χ1) is 14.3. The van der Waals surface area contributed by atoms with Gasteiger partial charge in [-0.05, 0) is 32.0 Å².